The number of carbonyl (C=O) groups is 2. The van der Waals surface area contributed by atoms with Crippen molar-refractivity contribution >= 4 is 29.3 Å². The number of ether oxygens (including phenoxy) is 3. The fraction of sp³-hybridized carbons (Fsp3) is 0.452. The number of hydrogen-bond donors (Lipinski definition) is 1. The van der Waals surface area contributed by atoms with Gasteiger partial charge in [-0.05, 0) is 84.2 Å². The van der Waals surface area contributed by atoms with Crippen LogP contribution in [0.5, 0.6) is 11.5 Å². The predicted molar refractivity (Wildman–Crippen MR) is 160 cm³/mol. The lowest BCUT2D eigenvalue weighted by Gasteiger charge is -2.34. The van der Waals surface area contributed by atoms with E-state index >= 15 is 0 Å². The zero-order chi connectivity index (χ0) is 29.7. The Labute approximate surface area is 246 Å². The van der Waals surface area contributed by atoms with E-state index in [9.17, 15) is 9.59 Å². The largest absolute Gasteiger partial charge is 0.494 e. The molecule has 1 fully saturated rings. The molecule has 1 N–H and O–H groups in total. The maximum Gasteiger partial charge on any atom is 0.410 e. The lowest BCUT2D eigenvalue weighted by atomic mass is 9.90. The van der Waals surface area contributed by atoms with Gasteiger partial charge in [0.2, 0.25) is 0 Å². The second kappa shape index (κ2) is 12.9. The van der Waals surface area contributed by atoms with E-state index in [0.717, 1.165) is 16.9 Å². The van der Waals surface area contributed by atoms with Crippen molar-refractivity contribution in [3.63, 3.8) is 0 Å². The van der Waals surface area contributed by atoms with Gasteiger partial charge in [0, 0.05) is 30.1 Å². The van der Waals surface area contributed by atoms with Gasteiger partial charge >= 0.3 is 6.09 Å². The van der Waals surface area contributed by atoms with Crippen molar-refractivity contribution in [2.24, 2.45) is 0 Å². The molecule has 10 heteroatoms. The van der Waals surface area contributed by atoms with E-state index in [-0.39, 0.29) is 17.9 Å². The highest BCUT2D eigenvalue weighted by atomic mass is 35.5. The van der Waals surface area contributed by atoms with Crippen molar-refractivity contribution in [2.45, 2.75) is 65.9 Å². The Morgan fingerprint density at radius 1 is 1.05 bits per heavy atom. The number of aryl methyl sites for hydroxylation is 1. The summed E-state index contributed by atoms with van der Waals surface area (Å²) in [6, 6.07) is 11.1. The van der Waals surface area contributed by atoms with E-state index in [1.807, 2.05) is 65.8 Å². The molecule has 1 saturated heterocycles. The van der Waals surface area contributed by atoms with Crippen LogP contribution in [0.3, 0.4) is 0 Å². The van der Waals surface area contributed by atoms with Crippen LogP contribution in [0.25, 0.3) is 5.69 Å². The maximum atomic E-state index is 13.8. The third-order valence-corrected chi connectivity index (χ3v) is 7.20. The monoisotopic (exact) mass is 582 g/mol. The summed E-state index contributed by atoms with van der Waals surface area (Å²) in [6.45, 7) is 13.3. The number of nitrogens with zero attached hydrogens (tertiary/aromatic N) is 3. The van der Waals surface area contributed by atoms with E-state index in [1.165, 1.54) is 0 Å². The molecule has 3 aromatic rings. The number of piperidine rings is 1. The molecule has 2 aromatic carbocycles. The molecule has 2 heterocycles. The molecule has 2 amide bonds. The van der Waals surface area contributed by atoms with Gasteiger partial charge < -0.3 is 24.4 Å². The lowest BCUT2D eigenvalue weighted by molar-refractivity contribution is 0.0203. The van der Waals surface area contributed by atoms with Crippen molar-refractivity contribution in [1.29, 1.82) is 0 Å². The number of amides is 2. The molecule has 0 saturated carbocycles. The number of anilines is 1. The van der Waals surface area contributed by atoms with Gasteiger partial charge in [0.1, 0.15) is 17.1 Å². The normalized spacial score (nSPS) is 14.1. The lowest BCUT2D eigenvalue weighted by Crippen LogP contribution is -2.41. The van der Waals surface area contributed by atoms with Gasteiger partial charge in [-0.2, -0.15) is 5.10 Å². The summed E-state index contributed by atoms with van der Waals surface area (Å²) in [7, 11) is 0. The molecule has 9 nitrogen and oxygen atoms in total. The van der Waals surface area contributed by atoms with E-state index in [4.69, 9.17) is 25.8 Å². The van der Waals surface area contributed by atoms with Crippen LogP contribution in [0.1, 0.15) is 75.0 Å². The van der Waals surface area contributed by atoms with E-state index in [2.05, 4.69) is 10.4 Å². The summed E-state index contributed by atoms with van der Waals surface area (Å²) < 4.78 is 18.8. The fourth-order valence-corrected chi connectivity index (χ4v) is 5.02. The zero-order valence-electron chi connectivity index (χ0n) is 24.6. The Bertz CT molecular complexity index is 1390. The predicted octanol–water partition coefficient (Wildman–Crippen LogP) is 7.00. The van der Waals surface area contributed by atoms with Gasteiger partial charge in [0.15, 0.2) is 0 Å². The van der Waals surface area contributed by atoms with E-state index in [1.54, 1.807) is 27.9 Å². The second-order valence-electron chi connectivity index (χ2n) is 11.0. The first kappa shape index (κ1) is 30.2. The molecule has 0 bridgehead atoms. The molecular weight excluding hydrogens is 544 g/mol. The molecule has 0 aliphatic carbocycles. The Balaban J connectivity index is 1.67. The quantitative estimate of drug-likeness (QED) is 0.307. The minimum Gasteiger partial charge on any atom is -0.494 e. The minimum absolute atomic E-state index is 0.0295. The second-order valence-corrected chi connectivity index (χ2v) is 11.4. The van der Waals surface area contributed by atoms with E-state index < -0.39 is 5.60 Å². The molecule has 1 aliphatic rings. The van der Waals surface area contributed by atoms with Crippen molar-refractivity contribution < 1.29 is 23.8 Å². The summed E-state index contributed by atoms with van der Waals surface area (Å²) in [5.74, 6) is 0.840. The molecule has 1 aromatic heterocycles. The number of benzene rings is 2. The molecule has 4 rings (SSSR count). The number of carbonyl (C=O) groups excluding carboxylic acids is 2. The third kappa shape index (κ3) is 7.33. The Hall–Kier alpha value is -3.72. The Kier molecular flexibility index (Phi) is 9.48. The van der Waals surface area contributed by atoms with Gasteiger partial charge in [-0.1, -0.05) is 17.7 Å². The number of rotatable bonds is 8. The number of likely N-dealkylation sites (tertiary alicyclic amines) is 1. The van der Waals surface area contributed by atoms with Crippen LogP contribution in [-0.2, 0) is 4.74 Å². The van der Waals surface area contributed by atoms with Crippen LogP contribution in [0.15, 0.2) is 42.6 Å². The maximum absolute atomic E-state index is 13.8. The van der Waals surface area contributed by atoms with Crippen molar-refractivity contribution in [3.8, 4) is 17.2 Å². The van der Waals surface area contributed by atoms with Crippen LogP contribution in [0.4, 0.5) is 10.5 Å². The first-order valence-electron chi connectivity index (χ1n) is 14.0. The summed E-state index contributed by atoms with van der Waals surface area (Å²) in [6.07, 6.45) is 2.56. The molecule has 1 aliphatic heterocycles. The van der Waals surface area contributed by atoms with Crippen LogP contribution in [-0.4, -0.2) is 58.6 Å². The number of nitrogens with one attached hydrogen (secondary N) is 1. The van der Waals surface area contributed by atoms with Gasteiger partial charge in [-0.25, -0.2) is 9.48 Å². The third-order valence-electron chi connectivity index (χ3n) is 6.79. The number of aromatic nitrogens is 2. The van der Waals surface area contributed by atoms with E-state index in [0.29, 0.717) is 66.9 Å². The topological polar surface area (TPSA) is 94.9 Å². The summed E-state index contributed by atoms with van der Waals surface area (Å²) in [5.41, 5.74) is 2.87. The molecule has 0 radical (unpaired) electrons. The smallest absolute Gasteiger partial charge is 0.410 e. The van der Waals surface area contributed by atoms with Crippen molar-refractivity contribution in [2.75, 3.05) is 31.6 Å². The first-order chi connectivity index (χ1) is 19.5. The summed E-state index contributed by atoms with van der Waals surface area (Å²) in [5, 5.41) is 8.27. The van der Waals surface area contributed by atoms with Crippen LogP contribution in [0, 0.1) is 6.92 Å². The zero-order valence-corrected chi connectivity index (χ0v) is 25.4. The number of halogens is 1. The number of hydrogen-bond acceptors (Lipinski definition) is 6. The average molecular weight is 583 g/mol. The highest BCUT2D eigenvalue weighted by Crippen LogP contribution is 2.35. The average Bonchev–Trinajstić information content (AvgIpc) is 3.36. The first-order valence-corrected chi connectivity index (χ1v) is 14.4. The fourth-order valence-electron chi connectivity index (χ4n) is 4.84. The molecular formula is C31H39ClN4O5. The van der Waals surface area contributed by atoms with Crippen molar-refractivity contribution in [1.82, 2.24) is 14.7 Å². The Morgan fingerprint density at radius 2 is 1.76 bits per heavy atom. The summed E-state index contributed by atoms with van der Waals surface area (Å²) in [4.78, 5) is 28.2. The van der Waals surface area contributed by atoms with Crippen LogP contribution < -0.4 is 14.8 Å². The standard InChI is InChI=1S/C31H39ClN4O5/c1-7-39-23-11-12-27(40-8-2)26(18-23)34-29(37)24-19-33-36(22-10-9-20(3)25(32)17-22)28(24)21-13-15-35(16-14-21)30(38)41-31(4,5)6/h9-12,17-19,21H,7-8,13-16H2,1-6H3,(H,34,37). The van der Waals surface area contributed by atoms with Crippen molar-refractivity contribution in [3.05, 3.63) is 64.4 Å². The SMILES string of the molecule is CCOc1ccc(OCC)c(NC(=O)c2cnn(-c3ccc(C)c(Cl)c3)c2C2CCN(C(=O)OC(C)(C)C)CC2)c1. The molecule has 0 unspecified atom stereocenters. The van der Waals surface area contributed by atoms with Gasteiger partial charge in [-0.15, -0.1) is 0 Å². The van der Waals surface area contributed by atoms with Crippen LogP contribution >= 0.6 is 11.6 Å². The summed E-state index contributed by atoms with van der Waals surface area (Å²) >= 11 is 6.47. The highest BCUT2D eigenvalue weighted by Gasteiger charge is 2.32. The van der Waals surface area contributed by atoms with Crippen LogP contribution in [0.2, 0.25) is 5.02 Å². The minimum atomic E-state index is -0.567. The molecule has 220 valence electrons. The van der Waals surface area contributed by atoms with Gasteiger partial charge in [0.05, 0.1) is 42.0 Å². The highest BCUT2D eigenvalue weighted by molar-refractivity contribution is 6.31. The van der Waals surface area contributed by atoms with Gasteiger partial charge in [-0.3, -0.25) is 4.79 Å². The van der Waals surface area contributed by atoms with Gasteiger partial charge in [0.25, 0.3) is 5.91 Å². The molecule has 0 spiro atoms. The Morgan fingerprint density at radius 3 is 2.39 bits per heavy atom. The molecule has 41 heavy (non-hydrogen) atoms. The molecule has 0 atom stereocenters.